The van der Waals surface area contributed by atoms with Gasteiger partial charge in [-0.1, -0.05) is 36.4 Å². The van der Waals surface area contributed by atoms with Gasteiger partial charge in [-0.3, -0.25) is 4.79 Å². The number of aliphatic hydroxyl groups is 1. The van der Waals surface area contributed by atoms with Gasteiger partial charge in [-0.2, -0.15) is 5.10 Å². The second-order valence-corrected chi connectivity index (χ2v) is 5.58. The first-order valence-electron chi connectivity index (χ1n) is 8.19. The summed E-state index contributed by atoms with van der Waals surface area (Å²) in [6.07, 6.45) is 4.16. The average Bonchev–Trinajstić information content (AvgIpc) is 3.20. The standard InChI is InChI=1S/C19H20N4O2/c24-15-14-22(13-10-16-6-2-1-3-7-16)19(25)17-8-4-9-18(21-17)23-12-5-11-20-23/h1-9,11-12,24H,10,13-15H2. The Kier molecular flexibility index (Phi) is 5.53. The van der Waals surface area contributed by atoms with Crippen LogP contribution in [0.15, 0.2) is 67.0 Å². The predicted octanol–water partition coefficient (Wildman–Crippen LogP) is 1.94. The van der Waals surface area contributed by atoms with Crippen LogP contribution in [0, 0.1) is 0 Å². The number of amides is 1. The number of aliphatic hydroxyl groups excluding tert-OH is 1. The molecule has 0 spiro atoms. The third-order valence-electron chi connectivity index (χ3n) is 3.86. The quantitative estimate of drug-likeness (QED) is 0.716. The van der Waals surface area contributed by atoms with E-state index in [1.54, 1.807) is 46.2 Å². The predicted molar refractivity (Wildman–Crippen MR) is 94.5 cm³/mol. The lowest BCUT2D eigenvalue weighted by atomic mass is 10.1. The minimum atomic E-state index is -0.195. The van der Waals surface area contributed by atoms with Gasteiger partial charge >= 0.3 is 0 Å². The molecule has 0 aliphatic rings. The van der Waals surface area contributed by atoms with Crippen molar-refractivity contribution in [1.29, 1.82) is 0 Å². The van der Waals surface area contributed by atoms with Gasteiger partial charge < -0.3 is 10.0 Å². The van der Waals surface area contributed by atoms with Crippen LogP contribution in [-0.4, -0.2) is 50.4 Å². The number of pyridine rings is 1. The second kappa shape index (κ2) is 8.21. The zero-order valence-corrected chi connectivity index (χ0v) is 13.8. The summed E-state index contributed by atoms with van der Waals surface area (Å²) in [6.45, 7) is 0.718. The van der Waals surface area contributed by atoms with Gasteiger partial charge in [0.2, 0.25) is 0 Å². The molecule has 0 unspecified atom stereocenters. The van der Waals surface area contributed by atoms with E-state index in [0.717, 1.165) is 12.0 Å². The van der Waals surface area contributed by atoms with Crippen molar-refractivity contribution >= 4 is 5.91 Å². The monoisotopic (exact) mass is 336 g/mol. The Hall–Kier alpha value is -2.99. The van der Waals surface area contributed by atoms with E-state index in [1.807, 2.05) is 30.3 Å². The molecule has 2 aromatic heterocycles. The summed E-state index contributed by atoms with van der Waals surface area (Å²) in [6, 6.07) is 17.0. The lowest BCUT2D eigenvalue weighted by Crippen LogP contribution is -2.36. The maximum atomic E-state index is 12.8. The molecule has 0 bridgehead atoms. The summed E-state index contributed by atoms with van der Waals surface area (Å²) >= 11 is 0. The highest BCUT2D eigenvalue weighted by atomic mass is 16.3. The molecule has 6 heteroatoms. The molecule has 0 aliphatic heterocycles. The van der Waals surface area contributed by atoms with Crippen LogP contribution >= 0.6 is 0 Å². The molecule has 0 aliphatic carbocycles. The molecular formula is C19H20N4O2. The maximum absolute atomic E-state index is 12.8. The summed E-state index contributed by atoms with van der Waals surface area (Å²) in [5, 5.41) is 13.4. The molecule has 1 N–H and O–H groups in total. The van der Waals surface area contributed by atoms with E-state index in [9.17, 15) is 9.90 Å². The van der Waals surface area contributed by atoms with Crippen molar-refractivity contribution in [2.45, 2.75) is 6.42 Å². The minimum Gasteiger partial charge on any atom is -0.395 e. The number of benzene rings is 1. The number of carbonyl (C=O) groups is 1. The minimum absolute atomic E-state index is 0.0840. The fourth-order valence-electron chi connectivity index (χ4n) is 2.58. The van der Waals surface area contributed by atoms with Gasteiger partial charge in [0.1, 0.15) is 5.69 Å². The van der Waals surface area contributed by atoms with Crippen LogP contribution in [0.5, 0.6) is 0 Å². The molecule has 3 rings (SSSR count). The Morgan fingerprint density at radius 3 is 2.60 bits per heavy atom. The van der Waals surface area contributed by atoms with E-state index in [2.05, 4.69) is 10.1 Å². The van der Waals surface area contributed by atoms with Crippen molar-refractivity contribution in [2.24, 2.45) is 0 Å². The largest absolute Gasteiger partial charge is 0.395 e. The lowest BCUT2D eigenvalue weighted by Gasteiger charge is -2.21. The molecular weight excluding hydrogens is 316 g/mol. The Morgan fingerprint density at radius 1 is 1.04 bits per heavy atom. The van der Waals surface area contributed by atoms with Crippen LogP contribution in [0.3, 0.4) is 0 Å². The third-order valence-corrected chi connectivity index (χ3v) is 3.86. The number of nitrogens with zero attached hydrogens (tertiary/aromatic N) is 4. The summed E-state index contributed by atoms with van der Waals surface area (Å²) < 4.78 is 1.61. The molecule has 0 saturated heterocycles. The first-order chi connectivity index (χ1) is 12.3. The fraction of sp³-hybridized carbons (Fsp3) is 0.211. The number of carbonyl (C=O) groups excluding carboxylic acids is 1. The topological polar surface area (TPSA) is 71.2 Å². The molecule has 128 valence electrons. The van der Waals surface area contributed by atoms with Gasteiger partial charge in [0, 0.05) is 25.5 Å². The van der Waals surface area contributed by atoms with Crippen LogP contribution in [0.1, 0.15) is 16.1 Å². The van der Waals surface area contributed by atoms with Crippen LogP contribution in [0.4, 0.5) is 0 Å². The van der Waals surface area contributed by atoms with E-state index in [4.69, 9.17) is 0 Å². The fourth-order valence-corrected chi connectivity index (χ4v) is 2.58. The molecule has 0 atom stereocenters. The van der Waals surface area contributed by atoms with Gasteiger partial charge in [-0.05, 0) is 30.2 Å². The zero-order valence-electron chi connectivity index (χ0n) is 13.8. The first kappa shape index (κ1) is 16.9. The maximum Gasteiger partial charge on any atom is 0.272 e. The molecule has 0 radical (unpaired) electrons. The molecule has 25 heavy (non-hydrogen) atoms. The Labute approximate surface area is 146 Å². The molecule has 0 saturated carbocycles. The Bertz CT molecular complexity index is 803. The van der Waals surface area contributed by atoms with Crippen molar-refractivity contribution < 1.29 is 9.90 Å². The van der Waals surface area contributed by atoms with E-state index >= 15 is 0 Å². The van der Waals surface area contributed by atoms with Crippen molar-refractivity contribution in [1.82, 2.24) is 19.7 Å². The summed E-state index contributed by atoms with van der Waals surface area (Å²) in [5.74, 6) is 0.391. The molecule has 6 nitrogen and oxygen atoms in total. The van der Waals surface area contributed by atoms with Gasteiger partial charge in [0.05, 0.1) is 6.61 Å². The van der Waals surface area contributed by atoms with E-state index in [-0.39, 0.29) is 19.1 Å². The Morgan fingerprint density at radius 2 is 1.88 bits per heavy atom. The number of hydrogen-bond donors (Lipinski definition) is 1. The number of rotatable bonds is 7. The van der Waals surface area contributed by atoms with Gasteiger partial charge in [-0.25, -0.2) is 9.67 Å². The average molecular weight is 336 g/mol. The molecule has 0 fully saturated rings. The van der Waals surface area contributed by atoms with Crippen molar-refractivity contribution in [3.8, 4) is 5.82 Å². The molecule has 3 aromatic rings. The van der Waals surface area contributed by atoms with Crippen LogP contribution < -0.4 is 0 Å². The van der Waals surface area contributed by atoms with E-state index < -0.39 is 0 Å². The summed E-state index contributed by atoms with van der Waals surface area (Å²) in [5.41, 5.74) is 1.49. The van der Waals surface area contributed by atoms with E-state index in [0.29, 0.717) is 18.1 Å². The van der Waals surface area contributed by atoms with Crippen LogP contribution in [-0.2, 0) is 6.42 Å². The Balaban J connectivity index is 1.75. The highest BCUT2D eigenvalue weighted by molar-refractivity contribution is 5.92. The normalized spacial score (nSPS) is 10.6. The SMILES string of the molecule is O=C(c1cccc(-n2cccn2)n1)N(CCO)CCc1ccccc1. The van der Waals surface area contributed by atoms with Gasteiger partial charge in [0.25, 0.3) is 5.91 Å². The molecule has 2 heterocycles. The van der Waals surface area contributed by atoms with Crippen LogP contribution in [0.25, 0.3) is 5.82 Å². The number of hydrogen-bond acceptors (Lipinski definition) is 4. The molecule has 1 amide bonds. The highest BCUT2D eigenvalue weighted by Crippen LogP contribution is 2.09. The van der Waals surface area contributed by atoms with Gasteiger partial charge in [0.15, 0.2) is 5.82 Å². The van der Waals surface area contributed by atoms with Crippen molar-refractivity contribution in [3.05, 3.63) is 78.2 Å². The first-order valence-corrected chi connectivity index (χ1v) is 8.19. The summed E-state index contributed by atoms with van der Waals surface area (Å²) in [7, 11) is 0. The number of aromatic nitrogens is 3. The molecule has 1 aromatic carbocycles. The second-order valence-electron chi connectivity index (χ2n) is 5.58. The third kappa shape index (κ3) is 4.30. The highest BCUT2D eigenvalue weighted by Gasteiger charge is 2.17. The van der Waals surface area contributed by atoms with E-state index in [1.165, 1.54) is 0 Å². The smallest absolute Gasteiger partial charge is 0.272 e. The zero-order chi connectivity index (χ0) is 17.5. The lowest BCUT2D eigenvalue weighted by molar-refractivity contribution is 0.0718. The van der Waals surface area contributed by atoms with Crippen LogP contribution in [0.2, 0.25) is 0 Å². The summed E-state index contributed by atoms with van der Waals surface area (Å²) in [4.78, 5) is 18.8. The van der Waals surface area contributed by atoms with Crippen molar-refractivity contribution in [3.63, 3.8) is 0 Å². The van der Waals surface area contributed by atoms with Gasteiger partial charge in [-0.15, -0.1) is 0 Å². The van der Waals surface area contributed by atoms with Crippen molar-refractivity contribution in [2.75, 3.05) is 19.7 Å².